The number of hydrogen-bond acceptors (Lipinski definition) is 4. The van der Waals surface area contributed by atoms with Crippen LogP contribution in [0.15, 0.2) is 42.5 Å². The van der Waals surface area contributed by atoms with Crippen LogP contribution in [-0.4, -0.2) is 41.7 Å². The van der Waals surface area contributed by atoms with Crippen LogP contribution >= 0.6 is 11.6 Å². The molecule has 1 heterocycles. The van der Waals surface area contributed by atoms with Crippen LogP contribution in [0.2, 0.25) is 5.02 Å². The van der Waals surface area contributed by atoms with Crippen molar-refractivity contribution in [2.45, 2.75) is 13.0 Å². The second-order valence-electron chi connectivity index (χ2n) is 6.25. The molecule has 1 unspecified atom stereocenters. The van der Waals surface area contributed by atoms with E-state index in [0.717, 1.165) is 22.0 Å². The summed E-state index contributed by atoms with van der Waals surface area (Å²) in [6.45, 7) is 2.04. The average Bonchev–Trinajstić information content (AvgIpc) is 2.95. The van der Waals surface area contributed by atoms with Gasteiger partial charge in [0.15, 0.2) is 0 Å². The number of carbonyl (C=O) groups is 1. The van der Waals surface area contributed by atoms with Crippen LogP contribution in [-0.2, 0) is 4.74 Å². The van der Waals surface area contributed by atoms with Crippen molar-refractivity contribution < 1.29 is 14.6 Å². The fourth-order valence-electron chi connectivity index (χ4n) is 3.24. The third-order valence-electron chi connectivity index (χ3n) is 4.29. The molecule has 0 aliphatic carbocycles. The Morgan fingerprint density at radius 3 is 2.65 bits per heavy atom. The highest BCUT2D eigenvalue weighted by atomic mass is 35.5. The number of H-pyrrole nitrogens is 1. The Labute approximate surface area is 157 Å². The number of phenols is 1. The van der Waals surface area contributed by atoms with Crippen molar-refractivity contribution in [1.29, 1.82) is 0 Å². The number of aromatic nitrogens is 1. The van der Waals surface area contributed by atoms with Crippen molar-refractivity contribution in [3.63, 3.8) is 0 Å². The van der Waals surface area contributed by atoms with Crippen LogP contribution in [0.25, 0.3) is 10.9 Å². The molecule has 5 nitrogen and oxygen atoms in total. The molecular formula is C20H21ClN2O3. The van der Waals surface area contributed by atoms with Gasteiger partial charge in [-0.25, -0.2) is 4.79 Å². The summed E-state index contributed by atoms with van der Waals surface area (Å²) in [5.41, 5.74) is 2.72. The highest BCUT2D eigenvalue weighted by Crippen LogP contribution is 2.39. The van der Waals surface area contributed by atoms with Gasteiger partial charge in [0.05, 0.1) is 12.6 Å². The zero-order chi connectivity index (χ0) is 18.8. The fourth-order valence-corrected chi connectivity index (χ4v) is 3.48. The first-order valence-corrected chi connectivity index (χ1v) is 8.74. The molecule has 0 saturated heterocycles. The van der Waals surface area contributed by atoms with Gasteiger partial charge >= 0.3 is 5.97 Å². The Morgan fingerprint density at radius 1 is 1.27 bits per heavy atom. The molecule has 2 N–H and O–H groups in total. The monoisotopic (exact) mass is 372 g/mol. The number of nitrogens with one attached hydrogen (secondary N) is 1. The van der Waals surface area contributed by atoms with E-state index in [1.807, 2.05) is 43.3 Å². The molecule has 0 fully saturated rings. The molecule has 3 rings (SSSR count). The number of hydrogen-bond donors (Lipinski definition) is 2. The number of fused-ring (bicyclic) bond motifs is 1. The maximum atomic E-state index is 12.6. The first-order chi connectivity index (χ1) is 12.4. The minimum absolute atomic E-state index is 0.129. The highest BCUT2D eigenvalue weighted by Gasteiger charge is 2.29. The maximum absolute atomic E-state index is 12.6. The SMILES string of the molecule is CCOC(=O)c1[nH]c2ccc(O)cc2c1C(c1ccccc1Cl)N(C)C. The van der Waals surface area contributed by atoms with Crippen molar-refractivity contribution in [2.75, 3.05) is 20.7 Å². The maximum Gasteiger partial charge on any atom is 0.355 e. The standard InChI is InChI=1S/C20H21ClN2O3/c1-4-26-20(25)18-17(14-11-12(24)9-10-16(14)22-18)19(23(2)3)13-7-5-6-8-15(13)21/h5-11,19,22,24H,4H2,1-3H3. The van der Waals surface area contributed by atoms with Gasteiger partial charge in [-0.05, 0) is 50.8 Å². The lowest BCUT2D eigenvalue weighted by atomic mass is 9.94. The minimum atomic E-state index is -0.433. The van der Waals surface area contributed by atoms with Gasteiger partial charge in [-0.15, -0.1) is 0 Å². The van der Waals surface area contributed by atoms with Crippen LogP contribution in [0.1, 0.15) is 34.6 Å². The van der Waals surface area contributed by atoms with E-state index in [1.165, 1.54) is 0 Å². The number of benzene rings is 2. The predicted molar refractivity (Wildman–Crippen MR) is 103 cm³/mol. The molecule has 1 aromatic heterocycles. The summed E-state index contributed by atoms with van der Waals surface area (Å²) in [6, 6.07) is 12.2. The van der Waals surface area contributed by atoms with Gasteiger partial charge in [0.1, 0.15) is 11.4 Å². The van der Waals surface area contributed by atoms with Crippen LogP contribution in [0.4, 0.5) is 0 Å². The summed E-state index contributed by atoms with van der Waals surface area (Å²) in [6.07, 6.45) is 0. The molecule has 0 saturated carbocycles. The summed E-state index contributed by atoms with van der Waals surface area (Å²) < 4.78 is 5.24. The highest BCUT2D eigenvalue weighted by molar-refractivity contribution is 6.31. The van der Waals surface area contributed by atoms with E-state index in [-0.39, 0.29) is 18.4 Å². The van der Waals surface area contributed by atoms with E-state index < -0.39 is 5.97 Å². The van der Waals surface area contributed by atoms with E-state index in [9.17, 15) is 9.90 Å². The van der Waals surface area contributed by atoms with Crippen molar-refractivity contribution >= 4 is 28.5 Å². The third-order valence-corrected chi connectivity index (χ3v) is 4.64. The van der Waals surface area contributed by atoms with Gasteiger partial charge in [-0.1, -0.05) is 29.8 Å². The number of carbonyl (C=O) groups excluding carboxylic acids is 1. The largest absolute Gasteiger partial charge is 0.508 e. The van der Waals surface area contributed by atoms with Crippen LogP contribution in [0.5, 0.6) is 5.75 Å². The molecule has 0 amide bonds. The van der Waals surface area contributed by atoms with Crippen molar-refractivity contribution in [2.24, 2.45) is 0 Å². The molecule has 6 heteroatoms. The van der Waals surface area contributed by atoms with Crippen LogP contribution in [0.3, 0.4) is 0 Å². The zero-order valence-corrected chi connectivity index (χ0v) is 15.7. The summed E-state index contributed by atoms with van der Waals surface area (Å²) in [7, 11) is 3.84. The van der Waals surface area contributed by atoms with E-state index in [4.69, 9.17) is 16.3 Å². The summed E-state index contributed by atoms with van der Waals surface area (Å²) in [4.78, 5) is 17.7. The van der Waals surface area contributed by atoms with E-state index >= 15 is 0 Å². The predicted octanol–water partition coefficient (Wildman–Crippen LogP) is 4.35. The number of phenolic OH excluding ortho intramolecular Hbond substituents is 1. The van der Waals surface area contributed by atoms with E-state index in [0.29, 0.717) is 10.7 Å². The molecule has 0 aliphatic heterocycles. The number of aromatic amines is 1. The molecule has 136 valence electrons. The third kappa shape index (κ3) is 3.28. The lowest BCUT2D eigenvalue weighted by molar-refractivity contribution is 0.0518. The Morgan fingerprint density at radius 2 is 2.00 bits per heavy atom. The molecule has 0 aliphatic rings. The minimum Gasteiger partial charge on any atom is -0.508 e. The average molecular weight is 373 g/mol. The van der Waals surface area contributed by atoms with Crippen LogP contribution < -0.4 is 0 Å². The molecule has 26 heavy (non-hydrogen) atoms. The van der Waals surface area contributed by atoms with Gasteiger partial charge in [0, 0.05) is 21.5 Å². The smallest absolute Gasteiger partial charge is 0.355 e. The Kier molecular flexibility index (Phi) is 5.20. The molecule has 0 spiro atoms. The number of nitrogens with zero attached hydrogens (tertiary/aromatic N) is 1. The zero-order valence-electron chi connectivity index (χ0n) is 14.9. The second kappa shape index (κ2) is 7.40. The quantitative estimate of drug-likeness (QED) is 0.653. The molecule has 0 radical (unpaired) electrons. The topological polar surface area (TPSA) is 65.6 Å². The summed E-state index contributed by atoms with van der Waals surface area (Å²) in [5.74, 6) is -0.304. The summed E-state index contributed by atoms with van der Waals surface area (Å²) >= 11 is 6.45. The number of esters is 1. The van der Waals surface area contributed by atoms with E-state index in [1.54, 1.807) is 25.1 Å². The molecule has 1 atom stereocenters. The van der Waals surface area contributed by atoms with Gasteiger partial charge in [-0.3, -0.25) is 4.90 Å². The Bertz CT molecular complexity index is 949. The van der Waals surface area contributed by atoms with E-state index in [2.05, 4.69) is 4.98 Å². The van der Waals surface area contributed by atoms with Crippen molar-refractivity contribution in [1.82, 2.24) is 9.88 Å². The normalized spacial score (nSPS) is 12.5. The van der Waals surface area contributed by atoms with Crippen molar-refractivity contribution in [3.8, 4) is 5.75 Å². The van der Waals surface area contributed by atoms with Gasteiger partial charge < -0.3 is 14.8 Å². The fraction of sp³-hybridized carbons (Fsp3) is 0.250. The van der Waals surface area contributed by atoms with Crippen molar-refractivity contribution in [3.05, 3.63) is 64.3 Å². The lowest BCUT2D eigenvalue weighted by Gasteiger charge is -2.26. The first-order valence-electron chi connectivity index (χ1n) is 8.36. The Balaban J connectivity index is 2.32. The van der Waals surface area contributed by atoms with Gasteiger partial charge in [-0.2, -0.15) is 0 Å². The van der Waals surface area contributed by atoms with Gasteiger partial charge in [0.25, 0.3) is 0 Å². The lowest BCUT2D eigenvalue weighted by Crippen LogP contribution is -2.23. The summed E-state index contributed by atoms with van der Waals surface area (Å²) in [5, 5.41) is 11.3. The Hall–Kier alpha value is -2.50. The van der Waals surface area contributed by atoms with Crippen LogP contribution in [0, 0.1) is 0 Å². The second-order valence-corrected chi connectivity index (χ2v) is 6.66. The van der Waals surface area contributed by atoms with Gasteiger partial charge in [0.2, 0.25) is 0 Å². The number of halogens is 1. The number of aromatic hydroxyl groups is 1. The molecular weight excluding hydrogens is 352 g/mol. The number of rotatable bonds is 5. The first kappa shape index (κ1) is 18.3. The molecule has 2 aromatic carbocycles. The number of ether oxygens (including phenoxy) is 1. The molecule has 3 aromatic rings. The molecule has 0 bridgehead atoms.